The Balaban J connectivity index is 1.45. The molecule has 0 bridgehead atoms. The predicted octanol–water partition coefficient (Wildman–Crippen LogP) is 2.31. The van der Waals surface area contributed by atoms with Gasteiger partial charge in [0.1, 0.15) is 6.04 Å². The van der Waals surface area contributed by atoms with E-state index in [0.29, 0.717) is 36.0 Å². The standard InChI is InChI=1S/C23H27ClN4O4/c24-16-4-3-13-8-18(27-17(13)11-16)20(29)10-15(7-12-1-2-12)23(32)28-19(21(25)30)9-14-5-6-26-22(14)31/h3-4,8,11-12,14-15,19,27H,1-2,5-7,9-10H2,(H2,25,30)(H,26,31)(H,28,32)/t14-,15+,19-/m0/s1. The number of aromatic nitrogens is 1. The average Bonchev–Trinajstić information content (AvgIpc) is 3.32. The minimum absolute atomic E-state index is 0.0261. The molecule has 5 N–H and O–H groups in total. The van der Waals surface area contributed by atoms with Crippen molar-refractivity contribution < 1.29 is 19.2 Å². The van der Waals surface area contributed by atoms with Crippen molar-refractivity contribution >= 4 is 46.0 Å². The molecule has 2 heterocycles. The van der Waals surface area contributed by atoms with Gasteiger partial charge in [-0.05, 0) is 43.4 Å². The van der Waals surface area contributed by atoms with Crippen LogP contribution in [0.15, 0.2) is 24.3 Å². The predicted molar refractivity (Wildman–Crippen MR) is 120 cm³/mol. The number of nitrogens with one attached hydrogen (secondary N) is 3. The molecule has 3 amide bonds. The first-order chi connectivity index (χ1) is 15.3. The summed E-state index contributed by atoms with van der Waals surface area (Å²) < 4.78 is 0. The van der Waals surface area contributed by atoms with Crippen molar-refractivity contribution in [3.8, 4) is 0 Å². The quantitative estimate of drug-likeness (QED) is 0.406. The van der Waals surface area contributed by atoms with E-state index in [0.717, 1.165) is 23.7 Å². The Labute approximate surface area is 190 Å². The van der Waals surface area contributed by atoms with Crippen LogP contribution in [0, 0.1) is 17.8 Å². The molecule has 4 rings (SSSR count). The van der Waals surface area contributed by atoms with Crippen LogP contribution >= 0.6 is 11.6 Å². The number of primary amides is 1. The summed E-state index contributed by atoms with van der Waals surface area (Å²) in [5.74, 6) is -1.86. The molecule has 0 unspecified atom stereocenters. The number of carbonyl (C=O) groups excluding carboxylic acids is 4. The Morgan fingerprint density at radius 1 is 1.16 bits per heavy atom. The van der Waals surface area contributed by atoms with Gasteiger partial charge in [0.2, 0.25) is 17.7 Å². The number of benzene rings is 1. The maximum Gasteiger partial charge on any atom is 0.240 e. The van der Waals surface area contributed by atoms with E-state index in [4.69, 9.17) is 17.3 Å². The van der Waals surface area contributed by atoms with Crippen LogP contribution in [0.2, 0.25) is 5.02 Å². The summed E-state index contributed by atoms with van der Waals surface area (Å²) in [5, 5.41) is 6.87. The molecule has 170 valence electrons. The fourth-order valence-corrected chi connectivity index (χ4v) is 4.48. The van der Waals surface area contributed by atoms with Crippen LogP contribution in [0.4, 0.5) is 0 Å². The zero-order valence-corrected chi connectivity index (χ0v) is 18.4. The number of fused-ring (bicyclic) bond motifs is 1. The molecule has 0 spiro atoms. The number of aromatic amines is 1. The average molecular weight is 459 g/mol. The number of ketones is 1. The van der Waals surface area contributed by atoms with Gasteiger partial charge in [0.05, 0.1) is 5.69 Å². The zero-order valence-electron chi connectivity index (χ0n) is 17.7. The number of nitrogens with two attached hydrogens (primary N) is 1. The third kappa shape index (κ3) is 5.30. The lowest BCUT2D eigenvalue weighted by atomic mass is 9.92. The topological polar surface area (TPSA) is 134 Å². The first-order valence-corrected chi connectivity index (χ1v) is 11.4. The molecule has 1 aliphatic carbocycles. The van der Waals surface area contributed by atoms with Gasteiger partial charge in [-0.15, -0.1) is 0 Å². The van der Waals surface area contributed by atoms with E-state index < -0.39 is 17.9 Å². The van der Waals surface area contributed by atoms with Gasteiger partial charge in [-0.1, -0.05) is 30.5 Å². The molecule has 1 saturated heterocycles. The number of hydrogen-bond donors (Lipinski definition) is 4. The van der Waals surface area contributed by atoms with E-state index in [9.17, 15) is 19.2 Å². The van der Waals surface area contributed by atoms with Gasteiger partial charge < -0.3 is 21.4 Å². The van der Waals surface area contributed by atoms with E-state index in [1.54, 1.807) is 18.2 Å². The van der Waals surface area contributed by atoms with Crippen molar-refractivity contribution in [2.24, 2.45) is 23.5 Å². The lowest BCUT2D eigenvalue weighted by Gasteiger charge is -2.22. The van der Waals surface area contributed by atoms with Crippen molar-refractivity contribution in [3.63, 3.8) is 0 Å². The van der Waals surface area contributed by atoms with Crippen molar-refractivity contribution in [1.29, 1.82) is 0 Å². The fraction of sp³-hybridized carbons (Fsp3) is 0.478. The molecule has 2 aromatic rings. The van der Waals surface area contributed by atoms with Crippen LogP contribution in [-0.4, -0.2) is 41.1 Å². The molecular weight excluding hydrogens is 432 g/mol. The number of Topliss-reactive ketones (excluding diaryl/α,β-unsaturated/α-hetero) is 1. The van der Waals surface area contributed by atoms with Gasteiger partial charge in [0.25, 0.3) is 0 Å². The van der Waals surface area contributed by atoms with Crippen LogP contribution in [-0.2, 0) is 14.4 Å². The molecule has 32 heavy (non-hydrogen) atoms. The van der Waals surface area contributed by atoms with Gasteiger partial charge >= 0.3 is 0 Å². The summed E-state index contributed by atoms with van der Waals surface area (Å²) in [6.07, 6.45) is 3.44. The lowest BCUT2D eigenvalue weighted by Crippen LogP contribution is -2.48. The lowest BCUT2D eigenvalue weighted by molar-refractivity contribution is -0.131. The van der Waals surface area contributed by atoms with E-state index in [1.165, 1.54) is 0 Å². The van der Waals surface area contributed by atoms with E-state index in [1.807, 2.05) is 6.07 Å². The molecule has 3 atom stereocenters. The number of carbonyl (C=O) groups is 4. The number of rotatable bonds is 10. The molecule has 2 fully saturated rings. The van der Waals surface area contributed by atoms with Crippen LogP contribution in [0.5, 0.6) is 0 Å². The minimum atomic E-state index is -0.941. The van der Waals surface area contributed by atoms with Gasteiger partial charge in [0.15, 0.2) is 5.78 Å². The molecule has 1 aromatic heterocycles. The smallest absolute Gasteiger partial charge is 0.240 e. The minimum Gasteiger partial charge on any atom is -0.368 e. The molecule has 2 aliphatic rings. The van der Waals surface area contributed by atoms with Crippen molar-refractivity contribution in [2.45, 2.75) is 44.6 Å². The Morgan fingerprint density at radius 3 is 2.59 bits per heavy atom. The van der Waals surface area contributed by atoms with Crippen LogP contribution < -0.4 is 16.4 Å². The first-order valence-electron chi connectivity index (χ1n) is 11.0. The summed E-state index contributed by atoms with van der Waals surface area (Å²) in [4.78, 5) is 52.9. The summed E-state index contributed by atoms with van der Waals surface area (Å²) >= 11 is 6.02. The zero-order chi connectivity index (χ0) is 22.8. The highest BCUT2D eigenvalue weighted by Gasteiger charge is 2.35. The highest BCUT2D eigenvalue weighted by molar-refractivity contribution is 6.31. The number of amides is 3. The maximum atomic E-state index is 13.1. The van der Waals surface area contributed by atoms with Crippen molar-refractivity contribution in [3.05, 3.63) is 35.0 Å². The normalized spacial score (nSPS) is 20.0. The highest BCUT2D eigenvalue weighted by atomic mass is 35.5. The Bertz CT molecular complexity index is 1060. The Kier molecular flexibility index (Phi) is 6.50. The highest BCUT2D eigenvalue weighted by Crippen LogP contribution is 2.37. The summed E-state index contributed by atoms with van der Waals surface area (Å²) in [6, 6.07) is 6.15. The van der Waals surface area contributed by atoms with Crippen LogP contribution in [0.3, 0.4) is 0 Å². The molecule has 9 heteroatoms. The SMILES string of the molecule is NC(=O)[C@H](C[C@@H]1CCNC1=O)NC(=O)[C@@H](CC(=O)c1cc2ccc(Cl)cc2[nH]1)CC1CC1. The molecule has 1 aromatic carbocycles. The molecule has 8 nitrogen and oxygen atoms in total. The van der Waals surface area contributed by atoms with Crippen molar-refractivity contribution in [2.75, 3.05) is 6.54 Å². The summed E-state index contributed by atoms with van der Waals surface area (Å²) in [6.45, 7) is 0.553. The van der Waals surface area contributed by atoms with Crippen molar-refractivity contribution in [1.82, 2.24) is 15.6 Å². The second-order valence-corrected chi connectivity index (χ2v) is 9.33. The largest absolute Gasteiger partial charge is 0.368 e. The van der Waals surface area contributed by atoms with E-state index in [-0.39, 0.29) is 36.4 Å². The summed E-state index contributed by atoms with van der Waals surface area (Å²) in [5.41, 5.74) is 6.68. The second-order valence-electron chi connectivity index (χ2n) is 8.89. The Morgan fingerprint density at radius 2 is 1.94 bits per heavy atom. The van der Waals surface area contributed by atoms with Gasteiger partial charge in [-0.25, -0.2) is 0 Å². The fourth-order valence-electron chi connectivity index (χ4n) is 4.31. The van der Waals surface area contributed by atoms with Gasteiger partial charge in [0, 0.05) is 40.7 Å². The Hall–Kier alpha value is -2.87. The van der Waals surface area contributed by atoms with Crippen LogP contribution in [0.1, 0.15) is 49.0 Å². The molecular formula is C23H27ClN4O4. The number of halogens is 1. The molecule has 0 radical (unpaired) electrons. The third-order valence-corrected chi connectivity index (χ3v) is 6.58. The van der Waals surface area contributed by atoms with Gasteiger partial charge in [-0.2, -0.15) is 0 Å². The van der Waals surface area contributed by atoms with Crippen LogP contribution in [0.25, 0.3) is 10.9 Å². The summed E-state index contributed by atoms with van der Waals surface area (Å²) in [7, 11) is 0. The second kappa shape index (κ2) is 9.32. The molecule has 1 saturated carbocycles. The van der Waals surface area contributed by atoms with Gasteiger partial charge in [-0.3, -0.25) is 19.2 Å². The molecule has 1 aliphatic heterocycles. The maximum absolute atomic E-state index is 13.1. The number of H-pyrrole nitrogens is 1. The van der Waals surface area contributed by atoms with E-state index in [2.05, 4.69) is 15.6 Å². The van der Waals surface area contributed by atoms with E-state index >= 15 is 0 Å². The number of hydrogen-bond acceptors (Lipinski definition) is 4. The first kappa shape index (κ1) is 22.3. The monoisotopic (exact) mass is 458 g/mol. The third-order valence-electron chi connectivity index (χ3n) is 6.35.